The minimum Gasteiger partial charge on any atom is -0.349 e. The predicted octanol–water partition coefficient (Wildman–Crippen LogP) is 3.87. The highest BCUT2D eigenvalue weighted by molar-refractivity contribution is 6.30. The normalized spacial score (nSPS) is 10.6. The maximum absolute atomic E-state index is 12.4. The molecule has 0 atom stereocenters. The number of amides is 2. The van der Waals surface area contributed by atoms with Crippen LogP contribution in [0.15, 0.2) is 60.8 Å². The lowest BCUT2D eigenvalue weighted by Crippen LogP contribution is -2.31. The van der Waals surface area contributed by atoms with E-state index in [9.17, 15) is 9.59 Å². The zero-order valence-corrected chi connectivity index (χ0v) is 16.9. The summed E-state index contributed by atoms with van der Waals surface area (Å²) in [4.78, 5) is 33.0. The van der Waals surface area contributed by atoms with Crippen LogP contribution in [0, 0.1) is 0 Å². The summed E-state index contributed by atoms with van der Waals surface area (Å²) in [6, 6.07) is 16.0. The second-order valence-electron chi connectivity index (χ2n) is 6.78. The Bertz CT molecular complexity index is 1020. The van der Waals surface area contributed by atoms with Crippen molar-refractivity contribution in [3.05, 3.63) is 82.8 Å². The summed E-state index contributed by atoms with van der Waals surface area (Å²) in [5, 5.41) is 6.20. The second-order valence-corrected chi connectivity index (χ2v) is 7.22. The maximum atomic E-state index is 12.4. The van der Waals surface area contributed by atoms with Crippen molar-refractivity contribution < 1.29 is 9.59 Å². The van der Waals surface area contributed by atoms with E-state index in [-0.39, 0.29) is 29.2 Å². The molecule has 0 spiro atoms. The molecule has 0 unspecified atom stereocenters. The molecule has 3 aromatic rings. The zero-order valence-electron chi connectivity index (χ0n) is 16.1. The van der Waals surface area contributed by atoms with E-state index in [1.165, 1.54) is 0 Å². The van der Waals surface area contributed by atoms with E-state index in [4.69, 9.17) is 11.6 Å². The van der Waals surface area contributed by atoms with Gasteiger partial charge < -0.3 is 10.6 Å². The molecule has 0 radical (unpaired) electrons. The first kappa shape index (κ1) is 20.5. The van der Waals surface area contributed by atoms with Gasteiger partial charge in [-0.3, -0.25) is 14.6 Å². The SMILES string of the molecule is CC(C)NC(=O)c1cccc(C(=O)NCc2ccc(-c3cccc(Cl)c3)nc2)n1. The molecular weight excluding hydrogens is 388 g/mol. The molecule has 2 heterocycles. The first-order valence-electron chi connectivity index (χ1n) is 9.19. The van der Waals surface area contributed by atoms with Crippen LogP contribution in [0.25, 0.3) is 11.3 Å². The van der Waals surface area contributed by atoms with Gasteiger partial charge in [0.1, 0.15) is 11.4 Å². The fraction of sp³-hybridized carbons (Fsp3) is 0.182. The minimum absolute atomic E-state index is 0.0100. The fourth-order valence-corrected chi connectivity index (χ4v) is 2.83. The number of halogens is 1. The standard InChI is InChI=1S/C22H21ClN4O2/c1-14(2)26-22(29)20-8-4-7-19(27-20)21(28)25-13-15-9-10-18(24-12-15)16-5-3-6-17(23)11-16/h3-12,14H,13H2,1-2H3,(H,25,28)(H,26,29). The molecule has 2 N–H and O–H groups in total. The molecule has 0 aliphatic heterocycles. The van der Waals surface area contributed by atoms with Crippen LogP contribution in [-0.2, 0) is 6.54 Å². The second kappa shape index (κ2) is 9.30. The first-order chi connectivity index (χ1) is 13.9. The molecule has 1 aromatic carbocycles. The van der Waals surface area contributed by atoms with Crippen LogP contribution in [-0.4, -0.2) is 27.8 Å². The van der Waals surface area contributed by atoms with Gasteiger partial charge in [-0.05, 0) is 49.7 Å². The van der Waals surface area contributed by atoms with E-state index in [2.05, 4.69) is 20.6 Å². The fourth-order valence-electron chi connectivity index (χ4n) is 2.64. The molecule has 7 heteroatoms. The highest BCUT2D eigenvalue weighted by Gasteiger charge is 2.13. The number of pyridine rings is 2. The number of hydrogen-bond donors (Lipinski definition) is 2. The molecule has 0 aliphatic rings. The summed E-state index contributed by atoms with van der Waals surface area (Å²) >= 11 is 6.02. The monoisotopic (exact) mass is 408 g/mol. The van der Waals surface area contributed by atoms with Gasteiger partial charge in [0.15, 0.2) is 0 Å². The third-order valence-corrected chi connectivity index (χ3v) is 4.27. The first-order valence-corrected chi connectivity index (χ1v) is 9.57. The molecule has 29 heavy (non-hydrogen) atoms. The number of carbonyl (C=O) groups is 2. The lowest BCUT2D eigenvalue weighted by molar-refractivity contribution is 0.0936. The number of rotatable bonds is 6. The largest absolute Gasteiger partial charge is 0.349 e. The van der Waals surface area contributed by atoms with Gasteiger partial charge in [0.2, 0.25) is 0 Å². The molecular formula is C22H21ClN4O2. The van der Waals surface area contributed by atoms with Crippen molar-refractivity contribution in [1.82, 2.24) is 20.6 Å². The number of benzene rings is 1. The summed E-state index contributed by atoms with van der Waals surface area (Å²) < 4.78 is 0. The van der Waals surface area contributed by atoms with Gasteiger partial charge in [0, 0.05) is 29.4 Å². The molecule has 0 aliphatic carbocycles. The molecule has 0 saturated heterocycles. The molecule has 0 saturated carbocycles. The number of nitrogens with zero attached hydrogens (tertiary/aromatic N) is 2. The third kappa shape index (κ3) is 5.62. The van der Waals surface area contributed by atoms with Gasteiger partial charge in [-0.25, -0.2) is 4.98 Å². The van der Waals surface area contributed by atoms with Crippen LogP contribution in [0.5, 0.6) is 0 Å². The Morgan fingerprint density at radius 1 is 1.00 bits per heavy atom. The average molecular weight is 409 g/mol. The Labute approximate surface area is 174 Å². The van der Waals surface area contributed by atoms with E-state index in [1.54, 1.807) is 24.4 Å². The zero-order chi connectivity index (χ0) is 20.8. The molecule has 0 bridgehead atoms. The average Bonchev–Trinajstić information content (AvgIpc) is 2.72. The highest BCUT2D eigenvalue weighted by atomic mass is 35.5. The van der Waals surface area contributed by atoms with E-state index >= 15 is 0 Å². The Hall–Kier alpha value is -3.25. The van der Waals surface area contributed by atoms with Gasteiger partial charge in [0.25, 0.3) is 11.8 Å². The molecule has 6 nitrogen and oxygen atoms in total. The van der Waals surface area contributed by atoms with Crippen LogP contribution in [0.4, 0.5) is 0 Å². The number of carbonyl (C=O) groups excluding carboxylic acids is 2. The predicted molar refractivity (Wildman–Crippen MR) is 113 cm³/mol. The summed E-state index contributed by atoms with van der Waals surface area (Å²) in [6.45, 7) is 4.02. The molecule has 2 aromatic heterocycles. The molecule has 148 valence electrons. The minimum atomic E-state index is -0.358. The molecule has 3 rings (SSSR count). The van der Waals surface area contributed by atoms with E-state index in [1.807, 2.05) is 50.2 Å². The van der Waals surface area contributed by atoms with Gasteiger partial charge >= 0.3 is 0 Å². The van der Waals surface area contributed by atoms with Gasteiger partial charge in [-0.2, -0.15) is 0 Å². The summed E-state index contributed by atoms with van der Waals surface area (Å²) in [5.74, 6) is -0.668. The van der Waals surface area contributed by atoms with E-state index < -0.39 is 0 Å². The van der Waals surface area contributed by atoms with Crippen molar-refractivity contribution in [3.63, 3.8) is 0 Å². The Morgan fingerprint density at radius 3 is 2.38 bits per heavy atom. The maximum Gasteiger partial charge on any atom is 0.270 e. The van der Waals surface area contributed by atoms with Gasteiger partial charge in [-0.15, -0.1) is 0 Å². The smallest absolute Gasteiger partial charge is 0.270 e. The number of aromatic nitrogens is 2. The van der Waals surface area contributed by atoms with Gasteiger partial charge in [-0.1, -0.05) is 35.9 Å². The summed E-state index contributed by atoms with van der Waals surface area (Å²) in [6.07, 6.45) is 1.70. The van der Waals surface area contributed by atoms with E-state index in [0.717, 1.165) is 16.8 Å². The van der Waals surface area contributed by atoms with Crippen molar-refractivity contribution in [2.45, 2.75) is 26.4 Å². The molecule has 0 fully saturated rings. The Balaban J connectivity index is 1.63. The van der Waals surface area contributed by atoms with Crippen LogP contribution in [0.1, 0.15) is 40.4 Å². The number of hydrogen-bond acceptors (Lipinski definition) is 4. The number of nitrogens with one attached hydrogen (secondary N) is 2. The highest BCUT2D eigenvalue weighted by Crippen LogP contribution is 2.20. The van der Waals surface area contributed by atoms with E-state index in [0.29, 0.717) is 11.6 Å². The summed E-state index contributed by atoms with van der Waals surface area (Å²) in [7, 11) is 0. The third-order valence-electron chi connectivity index (χ3n) is 4.03. The molecule has 2 amide bonds. The van der Waals surface area contributed by atoms with Crippen molar-refractivity contribution >= 4 is 23.4 Å². The van der Waals surface area contributed by atoms with Crippen LogP contribution in [0.2, 0.25) is 5.02 Å². The Morgan fingerprint density at radius 2 is 1.72 bits per heavy atom. The van der Waals surface area contributed by atoms with Crippen molar-refractivity contribution in [2.75, 3.05) is 0 Å². The van der Waals surface area contributed by atoms with Crippen LogP contribution in [0.3, 0.4) is 0 Å². The topological polar surface area (TPSA) is 84.0 Å². The lowest BCUT2D eigenvalue weighted by Gasteiger charge is -2.09. The van der Waals surface area contributed by atoms with Crippen molar-refractivity contribution in [1.29, 1.82) is 0 Å². The summed E-state index contributed by atoms with van der Waals surface area (Å²) in [5.41, 5.74) is 2.96. The van der Waals surface area contributed by atoms with Crippen LogP contribution >= 0.6 is 11.6 Å². The lowest BCUT2D eigenvalue weighted by atomic mass is 10.1. The Kier molecular flexibility index (Phi) is 6.57. The van der Waals surface area contributed by atoms with Crippen molar-refractivity contribution in [3.8, 4) is 11.3 Å². The van der Waals surface area contributed by atoms with Crippen LogP contribution < -0.4 is 10.6 Å². The van der Waals surface area contributed by atoms with Crippen molar-refractivity contribution in [2.24, 2.45) is 0 Å². The van der Waals surface area contributed by atoms with Gasteiger partial charge in [0.05, 0.1) is 5.69 Å². The quantitative estimate of drug-likeness (QED) is 0.648.